The molecule has 0 radical (unpaired) electrons. The van der Waals surface area contributed by atoms with Crippen LogP contribution in [0.4, 0.5) is 0 Å². The van der Waals surface area contributed by atoms with Gasteiger partial charge in [-0.15, -0.1) is 0 Å². The Balaban J connectivity index is 0. The van der Waals surface area contributed by atoms with Gasteiger partial charge in [0, 0.05) is 7.05 Å². The summed E-state index contributed by atoms with van der Waals surface area (Å²) in [5.74, 6) is 0. The number of benzene rings is 1. The molecule has 3 heteroatoms. The number of rotatable bonds is 2. The highest BCUT2D eigenvalue weighted by Crippen LogP contribution is 2.03. The lowest BCUT2D eigenvalue weighted by atomic mass is 10.1. The monoisotopic (exact) mass is 223 g/mol. The maximum atomic E-state index is 9.96. The molecule has 0 heterocycles. The SMILES string of the molecule is CC.CNO.Cc1ccc(/C=C/C=O)cc1. The maximum Gasteiger partial charge on any atom is 0.142 e. The summed E-state index contributed by atoms with van der Waals surface area (Å²) < 4.78 is 0. The van der Waals surface area contributed by atoms with E-state index in [2.05, 4.69) is 0 Å². The van der Waals surface area contributed by atoms with Crippen molar-refractivity contribution in [1.82, 2.24) is 5.48 Å². The number of hydrogen-bond acceptors (Lipinski definition) is 3. The number of nitrogens with one attached hydrogen (secondary N) is 1. The third-order valence-electron chi connectivity index (χ3n) is 1.44. The maximum absolute atomic E-state index is 9.96. The summed E-state index contributed by atoms with van der Waals surface area (Å²) in [6.45, 7) is 6.03. The van der Waals surface area contributed by atoms with Crippen molar-refractivity contribution in [3.63, 3.8) is 0 Å². The predicted octanol–water partition coefficient (Wildman–Crippen LogP) is 2.83. The summed E-state index contributed by atoms with van der Waals surface area (Å²) in [7, 11) is 1.43. The zero-order valence-electron chi connectivity index (χ0n) is 10.4. The zero-order valence-corrected chi connectivity index (χ0v) is 10.4. The second kappa shape index (κ2) is 13.5. The molecule has 0 fully saturated rings. The first kappa shape index (κ1) is 17.0. The number of hydrogen-bond donors (Lipinski definition) is 2. The first-order valence-corrected chi connectivity index (χ1v) is 5.24. The van der Waals surface area contributed by atoms with Crippen LogP contribution in [-0.2, 0) is 4.79 Å². The van der Waals surface area contributed by atoms with E-state index in [1.54, 1.807) is 11.6 Å². The number of carbonyl (C=O) groups excluding carboxylic acids is 1. The van der Waals surface area contributed by atoms with Gasteiger partial charge in [0.25, 0.3) is 0 Å². The van der Waals surface area contributed by atoms with Crippen LogP contribution < -0.4 is 5.48 Å². The third kappa shape index (κ3) is 10.6. The van der Waals surface area contributed by atoms with Crippen molar-refractivity contribution >= 4 is 12.4 Å². The topological polar surface area (TPSA) is 49.3 Å². The average molecular weight is 223 g/mol. The Kier molecular flexibility index (Phi) is 14.4. The van der Waals surface area contributed by atoms with Crippen LogP contribution >= 0.6 is 0 Å². The fourth-order valence-electron chi connectivity index (χ4n) is 0.828. The fourth-order valence-corrected chi connectivity index (χ4v) is 0.828. The molecule has 1 aromatic carbocycles. The summed E-state index contributed by atoms with van der Waals surface area (Å²) in [4.78, 5) is 9.96. The van der Waals surface area contributed by atoms with E-state index in [0.717, 1.165) is 11.8 Å². The first-order chi connectivity index (χ1) is 7.74. The van der Waals surface area contributed by atoms with Gasteiger partial charge in [-0.3, -0.25) is 4.79 Å². The van der Waals surface area contributed by atoms with Gasteiger partial charge in [-0.2, -0.15) is 0 Å². The summed E-state index contributed by atoms with van der Waals surface area (Å²) >= 11 is 0. The van der Waals surface area contributed by atoms with E-state index < -0.39 is 0 Å². The summed E-state index contributed by atoms with van der Waals surface area (Å²) in [5.41, 5.74) is 4.04. The van der Waals surface area contributed by atoms with Crippen LogP contribution in [0.3, 0.4) is 0 Å². The first-order valence-electron chi connectivity index (χ1n) is 5.24. The Morgan fingerprint density at radius 3 is 2.00 bits per heavy atom. The quantitative estimate of drug-likeness (QED) is 0.460. The van der Waals surface area contributed by atoms with Gasteiger partial charge in [0.2, 0.25) is 0 Å². The number of carbonyl (C=O) groups is 1. The number of aldehydes is 1. The Hall–Kier alpha value is -1.45. The van der Waals surface area contributed by atoms with Crippen molar-refractivity contribution in [2.24, 2.45) is 0 Å². The predicted molar refractivity (Wildman–Crippen MR) is 68.5 cm³/mol. The molecule has 0 bridgehead atoms. The zero-order chi connectivity index (χ0) is 12.8. The minimum absolute atomic E-state index is 0.778. The Morgan fingerprint density at radius 1 is 1.19 bits per heavy atom. The Bertz CT molecular complexity index is 278. The molecule has 16 heavy (non-hydrogen) atoms. The van der Waals surface area contributed by atoms with Gasteiger partial charge in [0.05, 0.1) is 0 Å². The lowest BCUT2D eigenvalue weighted by Gasteiger charge is -1.92. The molecule has 0 aliphatic carbocycles. The Morgan fingerprint density at radius 2 is 1.62 bits per heavy atom. The van der Waals surface area contributed by atoms with Crippen molar-refractivity contribution in [3.05, 3.63) is 41.5 Å². The van der Waals surface area contributed by atoms with Crippen LogP contribution in [-0.4, -0.2) is 18.5 Å². The van der Waals surface area contributed by atoms with Gasteiger partial charge in [-0.05, 0) is 18.6 Å². The van der Waals surface area contributed by atoms with E-state index in [9.17, 15) is 4.79 Å². The van der Waals surface area contributed by atoms with Gasteiger partial charge in [-0.1, -0.05) is 49.8 Å². The summed E-state index contributed by atoms with van der Waals surface area (Å²) in [6.07, 6.45) is 4.05. The second-order valence-corrected chi connectivity index (χ2v) is 2.63. The highest BCUT2D eigenvalue weighted by Gasteiger charge is 1.84. The molecule has 0 saturated carbocycles. The number of hydroxylamine groups is 1. The largest absolute Gasteiger partial charge is 0.317 e. The Labute approximate surface area is 97.8 Å². The van der Waals surface area contributed by atoms with E-state index in [4.69, 9.17) is 5.21 Å². The average Bonchev–Trinajstić information content (AvgIpc) is 2.32. The lowest BCUT2D eigenvalue weighted by Crippen LogP contribution is -1.91. The van der Waals surface area contributed by atoms with Crippen LogP contribution in [0.15, 0.2) is 30.3 Å². The molecule has 0 aliphatic heterocycles. The highest BCUT2D eigenvalue weighted by atomic mass is 16.5. The molecule has 0 saturated heterocycles. The molecule has 0 amide bonds. The van der Waals surface area contributed by atoms with E-state index >= 15 is 0 Å². The standard InChI is InChI=1S/C10H10O.C2H6.CH5NO/c1-9-4-6-10(7-5-9)3-2-8-11;1-2;1-2-3/h2-8H,1H3;1-2H3;2-3H,1H3/b3-2+;;. The van der Waals surface area contributed by atoms with Crippen molar-refractivity contribution in [2.45, 2.75) is 20.8 Å². The third-order valence-corrected chi connectivity index (χ3v) is 1.44. The van der Waals surface area contributed by atoms with Gasteiger partial charge in [0.1, 0.15) is 6.29 Å². The smallest absolute Gasteiger partial charge is 0.142 e. The number of allylic oxidation sites excluding steroid dienone is 1. The van der Waals surface area contributed by atoms with Gasteiger partial charge < -0.3 is 5.21 Å². The summed E-state index contributed by atoms with van der Waals surface area (Å²) in [6, 6.07) is 8.00. The van der Waals surface area contributed by atoms with Crippen molar-refractivity contribution in [3.8, 4) is 0 Å². The van der Waals surface area contributed by atoms with Crippen molar-refractivity contribution in [1.29, 1.82) is 0 Å². The van der Waals surface area contributed by atoms with Gasteiger partial charge >= 0.3 is 0 Å². The lowest BCUT2D eigenvalue weighted by molar-refractivity contribution is -0.104. The second-order valence-electron chi connectivity index (χ2n) is 2.63. The molecule has 1 rings (SSSR count). The van der Waals surface area contributed by atoms with Crippen molar-refractivity contribution in [2.75, 3.05) is 7.05 Å². The molecule has 0 aromatic heterocycles. The molecular weight excluding hydrogens is 202 g/mol. The molecule has 0 spiro atoms. The molecule has 2 N–H and O–H groups in total. The van der Waals surface area contributed by atoms with E-state index in [-0.39, 0.29) is 0 Å². The van der Waals surface area contributed by atoms with Crippen molar-refractivity contribution < 1.29 is 10.0 Å². The minimum Gasteiger partial charge on any atom is -0.317 e. The van der Waals surface area contributed by atoms with Crippen LogP contribution in [0.2, 0.25) is 0 Å². The van der Waals surface area contributed by atoms with E-state index in [1.165, 1.54) is 18.7 Å². The van der Waals surface area contributed by atoms with Crippen LogP contribution in [0.1, 0.15) is 25.0 Å². The van der Waals surface area contributed by atoms with Crippen LogP contribution in [0.25, 0.3) is 6.08 Å². The molecule has 0 aliphatic rings. The van der Waals surface area contributed by atoms with Gasteiger partial charge in [0.15, 0.2) is 0 Å². The molecular formula is C13H21NO2. The molecule has 1 aromatic rings. The van der Waals surface area contributed by atoms with E-state index in [0.29, 0.717) is 0 Å². The molecule has 0 unspecified atom stereocenters. The van der Waals surface area contributed by atoms with Crippen LogP contribution in [0.5, 0.6) is 0 Å². The number of aryl methyl sites for hydroxylation is 1. The molecule has 90 valence electrons. The van der Waals surface area contributed by atoms with E-state index in [1.807, 2.05) is 45.0 Å². The highest BCUT2D eigenvalue weighted by molar-refractivity contribution is 5.73. The minimum atomic E-state index is 0.778. The molecule has 0 atom stereocenters. The fraction of sp³-hybridized carbons (Fsp3) is 0.308. The normalized spacial score (nSPS) is 8.56. The molecule has 3 nitrogen and oxygen atoms in total. The van der Waals surface area contributed by atoms with Gasteiger partial charge in [-0.25, -0.2) is 5.48 Å². The van der Waals surface area contributed by atoms with Crippen LogP contribution in [0, 0.1) is 6.92 Å². The summed E-state index contributed by atoms with van der Waals surface area (Å²) in [5, 5.41) is 7.32.